The Morgan fingerprint density at radius 3 is 3.23 bits per heavy atom. The maximum absolute atomic E-state index is 9.32. The van der Waals surface area contributed by atoms with Crippen molar-refractivity contribution in [1.29, 1.82) is 0 Å². The molecule has 0 radical (unpaired) electrons. The minimum absolute atomic E-state index is 0.114. The van der Waals surface area contributed by atoms with Gasteiger partial charge >= 0.3 is 0 Å². The van der Waals surface area contributed by atoms with E-state index in [1.807, 2.05) is 0 Å². The van der Waals surface area contributed by atoms with Crippen LogP contribution in [0.1, 0.15) is 17.9 Å². The predicted octanol–water partition coefficient (Wildman–Crippen LogP) is 1.61. The lowest BCUT2D eigenvalue weighted by Crippen LogP contribution is -2.13. The van der Waals surface area contributed by atoms with Gasteiger partial charge in [0.25, 0.3) is 0 Å². The van der Waals surface area contributed by atoms with Crippen LogP contribution in [0.25, 0.3) is 0 Å². The Morgan fingerprint density at radius 2 is 2.31 bits per heavy atom. The number of fused-ring (bicyclic) bond motifs is 3. The molecule has 0 amide bonds. The van der Waals surface area contributed by atoms with E-state index in [1.165, 1.54) is 0 Å². The highest BCUT2D eigenvalue weighted by Crippen LogP contribution is 2.44. The van der Waals surface area contributed by atoms with E-state index < -0.39 is 0 Å². The molecule has 1 fully saturated rings. The number of hydrogen-bond acceptors (Lipinski definition) is 3. The Balaban J connectivity index is 2.09. The summed E-state index contributed by atoms with van der Waals surface area (Å²) in [5.74, 6) is 1.48. The molecule has 1 N–H and O–H groups in total. The highest BCUT2D eigenvalue weighted by atomic mass is 16.7. The average Bonchev–Trinajstić information content (AvgIpc) is 2.64. The third-order valence-electron chi connectivity index (χ3n) is 2.68. The second-order valence-corrected chi connectivity index (χ2v) is 3.47. The number of phenols is 1. The summed E-state index contributed by atoms with van der Waals surface area (Å²) in [6.45, 7) is 0.754. The summed E-state index contributed by atoms with van der Waals surface area (Å²) in [5, 5.41) is 9.32. The van der Waals surface area contributed by atoms with Crippen molar-refractivity contribution in [3.63, 3.8) is 0 Å². The molecule has 3 nitrogen and oxygen atoms in total. The smallest absolute Gasteiger partial charge is 0.206 e. The molecule has 0 unspecified atom stereocenters. The van der Waals surface area contributed by atoms with Crippen LogP contribution in [0.5, 0.6) is 11.5 Å². The van der Waals surface area contributed by atoms with Crippen molar-refractivity contribution in [2.45, 2.75) is 18.6 Å². The Morgan fingerprint density at radius 1 is 1.38 bits per heavy atom. The van der Waals surface area contributed by atoms with Crippen molar-refractivity contribution in [3.8, 4) is 11.5 Å². The Hall–Kier alpha value is -1.22. The summed E-state index contributed by atoms with van der Waals surface area (Å²) in [6, 6.07) is 5.21. The van der Waals surface area contributed by atoms with Crippen molar-refractivity contribution >= 4 is 0 Å². The van der Waals surface area contributed by atoms with E-state index >= 15 is 0 Å². The van der Waals surface area contributed by atoms with Gasteiger partial charge in [0.2, 0.25) is 6.29 Å². The first-order chi connectivity index (χ1) is 6.34. The van der Waals surface area contributed by atoms with Gasteiger partial charge < -0.3 is 14.6 Å². The molecule has 1 aromatic rings. The number of phenolic OH excluding ortho intramolecular Hbond substituents is 1. The Kier molecular flexibility index (Phi) is 1.32. The molecule has 2 heterocycles. The van der Waals surface area contributed by atoms with Gasteiger partial charge in [0, 0.05) is 5.56 Å². The maximum atomic E-state index is 9.32. The van der Waals surface area contributed by atoms with E-state index in [0.29, 0.717) is 11.7 Å². The minimum Gasteiger partial charge on any atom is -0.508 e. The zero-order valence-corrected chi connectivity index (χ0v) is 7.06. The summed E-state index contributed by atoms with van der Waals surface area (Å²) >= 11 is 0. The predicted molar refractivity (Wildman–Crippen MR) is 45.8 cm³/mol. The van der Waals surface area contributed by atoms with Crippen LogP contribution in [0.3, 0.4) is 0 Å². The van der Waals surface area contributed by atoms with Gasteiger partial charge in [-0.3, -0.25) is 0 Å². The molecule has 3 heteroatoms. The molecule has 0 aromatic heterocycles. The summed E-state index contributed by atoms with van der Waals surface area (Å²) in [7, 11) is 0. The average molecular weight is 178 g/mol. The Labute approximate surface area is 75.9 Å². The van der Waals surface area contributed by atoms with E-state index in [4.69, 9.17) is 9.47 Å². The number of benzene rings is 1. The SMILES string of the molecule is Oc1ccc2c(c1)[C@H]1CCO[C@H]1O2. The topological polar surface area (TPSA) is 38.7 Å². The lowest BCUT2D eigenvalue weighted by atomic mass is 9.99. The summed E-state index contributed by atoms with van der Waals surface area (Å²) in [6.07, 6.45) is 0.873. The molecule has 2 aliphatic heterocycles. The number of hydrogen-bond donors (Lipinski definition) is 1. The van der Waals surface area contributed by atoms with Gasteiger partial charge in [-0.25, -0.2) is 0 Å². The minimum atomic E-state index is -0.114. The molecule has 1 aromatic carbocycles. The molecule has 2 aliphatic rings. The number of rotatable bonds is 0. The second-order valence-electron chi connectivity index (χ2n) is 3.47. The van der Waals surface area contributed by atoms with Crippen molar-refractivity contribution in [2.24, 2.45) is 0 Å². The van der Waals surface area contributed by atoms with Gasteiger partial charge in [-0.05, 0) is 24.6 Å². The molecular formula is C10H10O3. The van der Waals surface area contributed by atoms with Gasteiger partial charge in [0.1, 0.15) is 11.5 Å². The Bertz CT molecular complexity index is 348. The first-order valence-corrected chi connectivity index (χ1v) is 4.46. The van der Waals surface area contributed by atoms with Crippen LogP contribution in [-0.2, 0) is 4.74 Å². The van der Waals surface area contributed by atoms with Gasteiger partial charge in [-0.1, -0.05) is 0 Å². The number of ether oxygens (including phenoxy) is 2. The van der Waals surface area contributed by atoms with Crippen LogP contribution < -0.4 is 4.74 Å². The molecule has 68 valence electrons. The highest BCUT2D eigenvalue weighted by Gasteiger charge is 2.39. The van der Waals surface area contributed by atoms with Crippen molar-refractivity contribution < 1.29 is 14.6 Å². The standard InChI is InChI=1S/C10H10O3/c11-6-1-2-9-8(5-6)7-3-4-12-10(7)13-9/h1-2,5,7,10-11H,3-4H2/t7-,10+/m1/s1. The highest BCUT2D eigenvalue weighted by molar-refractivity contribution is 5.45. The van der Waals surface area contributed by atoms with Crippen molar-refractivity contribution in [1.82, 2.24) is 0 Å². The number of aromatic hydroxyl groups is 1. The third kappa shape index (κ3) is 0.937. The van der Waals surface area contributed by atoms with Gasteiger partial charge in [-0.2, -0.15) is 0 Å². The quantitative estimate of drug-likeness (QED) is 0.656. The van der Waals surface area contributed by atoms with E-state index in [1.54, 1.807) is 18.2 Å². The monoisotopic (exact) mass is 178 g/mol. The van der Waals surface area contributed by atoms with E-state index in [9.17, 15) is 5.11 Å². The molecule has 13 heavy (non-hydrogen) atoms. The van der Waals surface area contributed by atoms with E-state index in [0.717, 1.165) is 24.3 Å². The van der Waals surface area contributed by atoms with E-state index in [2.05, 4.69) is 0 Å². The molecule has 0 bridgehead atoms. The lowest BCUT2D eigenvalue weighted by Gasteiger charge is -2.06. The third-order valence-corrected chi connectivity index (χ3v) is 2.68. The summed E-state index contributed by atoms with van der Waals surface area (Å²) in [4.78, 5) is 0. The zero-order chi connectivity index (χ0) is 8.84. The molecule has 3 rings (SSSR count). The molecular weight excluding hydrogens is 168 g/mol. The van der Waals surface area contributed by atoms with E-state index in [-0.39, 0.29) is 6.29 Å². The van der Waals surface area contributed by atoms with Gasteiger partial charge in [0.05, 0.1) is 12.5 Å². The van der Waals surface area contributed by atoms with Crippen LogP contribution in [0.15, 0.2) is 18.2 Å². The summed E-state index contributed by atoms with van der Waals surface area (Å²) in [5.41, 5.74) is 1.09. The van der Waals surface area contributed by atoms with Crippen molar-refractivity contribution in [2.75, 3.05) is 6.61 Å². The molecule has 1 saturated heterocycles. The van der Waals surface area contributed by atoms with Crippen LogP contribution >= 0.6 is 0 Å². The van der Waals surface area contributed by atoms with Crippen LogP contribution in [0, 0.1) is 0 Å². The fourth-order valence-electron chi connectivity index (χ4n) is 2.04. The molecule has 0 saturated carbocycles. The molecule has 0 spiro atoms. The van der Waals surface area contributed by atoms with Crippen LogP contribution in [-0.4, -0.2) is 18.0 Å². The maximum Gasteiger partial charge on any atom is 0.206 e. The van der Waals surface area contributed by atoms with Crippen molar-refractivity contribution in [3.05, 3.63) is 23.8 Å². The van der Waals surface area contributed by atoms with Gasteiger partial charge in [-0.15, -0.1) is 0 Å². The normalized spacial score (nSPS) is 29.5. The first kappa shape index (κ1) is 7.21. The molecule has 2 atom stereocenters. The zero-order valence-electron chi connectivity index (χ0n) is 7.06. The second kappa shape index (κ2) is 2.39. The lowest BCUT2D eigenvalue weighted by molar-refractivity contribution is -0.0337. The van der Waals surface area contributed by atoms with Crippen LogP contribution in [0.2, 0.25) is 0 Å². The largest absolute Gasteiger partial charge is 0.508 e. The summed E-state index contributed by atoms with van der Waals surface area (Å²) < 4.78 is 10.9. The van der Waals surface area contributed by atoms with Crippen LogP contribution in [0.4, 0.5) is 0 Å². The molecule has 0 aliphatic carbocycles. The fourth-order valence-corrected chi connectivity index (χ4v) is 2.04. The fraction of sp³-hybridized carbons (Fsp3) is 0.400. The van der Waals surface area contributed by atoms with Gasteiger partial charge in [0.15, 0.2) is 0 Å². The first-order valence-electron chi connectivity index (χ1n) is 4.46.